The van der Waals surface area contributed by atoms with Gasteiger partial charge in [0.1, 0.15) is 0 Å². The summed E-state index contributed by atoms with van der Waals surface area (Å²) in [5.41, 5.74) is 8.25. The minimum absolute atomic E-state index is 0.00685. The van der Waals surface area contributed by atoms with Crippen LogP contribution in [0.3, 0.4) is 0 Å². The third kappa shape index (κ3) is 3.93. The molecule has 0 aliphatic carbocycles. The van der Waals surface area contributed by atoms with Gasteiger partial charge in [-0.25, -0.2) is 5.43 Å². The Hall–Kier alpha value is -1.40. The van der Waals surface area contributed by atoms with Crippen LogP contribution in [0.15, 0.2) is 53.0 Å². The zero-order valence-electron chi connectivity index (χ0n) is 12.4. The zero-order valence-corrected chi connectivity index (χ0v) is 14.7. The molecule has 1 aliphatic rings. The number of benzene rings is 2. The summed E-state index contributed by atoms with van der Waals surface area (Å²) in [5.74, 6) is -0.167. The van der Waals surface area contributed by atoms with E-state index in [1.54, 1.807) is 0 Å². The molecule has 2 aromatic rings. The lowest BCUT2D eigenvalue weighted by Crippen LogP contribution is -2.34. The minimum Gasteiger partial charge on any atom is -0.352 e. The molecule has 1 heterocycles. The van der Waals surface area contributed by atoms with E-state index in [0.717, 1.165) is 15.6 Å². The fourth-order valence-corrected chi connectivity index (χ4v) is 3.33. The Morgan fingerprint density at radius 3 is 2.87 bits per heavy atom. The number of rotatable bonds is 4. The molecule has 3 rings (SSSR count). The van der Waals surface area contributed by atoms with E-state index in [-0.39, 0.29) is 17.9 Å². The second-order valence-corrected chi connectivity index (χ2v) is 6.80. The van der Waals surface area contributed by atoms with E-state index in [1.807, 2.05) is 48.5 Å². The van der Waals surface area contributed by atoms with Crippen molar-refractivity contribution in [3.8, 4) is 0 Å². The van der Waals surface area contributed by atoms with Gasteiger partial charge in [0.2, 0.25) is 5.91 Å². The second-order valence-electron chi connectivity index (χ2n) is 5.47. The van der Waals surface area contributed by atoms with Gasteiger partial charge < -0.3 is 5.32 Å². The maximum absolute atomic E-state index is 12.6. The van der Waals surface area contributed by atoms with Gasteiger partial charge in [0.15, 0.2) is 0 Å². The Morgan fingerprint density at radius 1 is 1.26 bits per heavy atom. The molecule has 2 atom stereocenters. The maximum atomic E-state index is 12.6. The zero-order chi connectivity index (χ0) is 16.2. The molecule has 2 aromatic carbocycles. The molecule has 0 radical (unpaired) electrons. The van der Waals surface area contributed by atoms with Gasteiger partial charge in [0, 0.05) is 22.6 Å². The number of amides is 1. The first-order valence-electron chi connectivity index (χ1n) is 7.40. The van der Waals surface area contributed by atoms with Crippen molar-refractivity contribution < 1.29 is 4.79 Å². The van der Waals surface area contributed by atoms with E-state index >= 15 is 0 Å². The van der Waals surface area contributed by atoms with Crippen molar-refractivity contribution in [3.05, 3.63) is 69.2 Å². The predicted octanol–water partition coefficient (Wildman–Crippen LogP) is 3.18. The molecule has 0 spiro atoms. The average molecular weight is 395 g/mol. The van der Waals surface area contributed by atoms with E-state index in [9.17, 15) is 4.79 Å². The van der Waals surface area contributed by atoms with Gasteiger partial charge in [-0.2, -0.15) is 0 Å². The summed E-state index contributed by atoms with van der Waals surface area (Å²) in [5, 5.41) is 3.65. The summed E-state index contributed by atoms with van der Waals surface area (Å²) >= 11 is 9.60. The van der Waals surface area contributed by atoms with Crippen LogP contribution in [0.25, 0.3) is 0 Å². The average Bonchev–Trinajstić information content (AvgIpc) is 3.03. The number of nitrogens with one attached hydrogen (secondary N) is 3. The largest absolute Gasteiger partial charge is 0.352 e. The van der Waals surface area contributed by atoms with Crippen molar-refractivity contribution >= 4 is 33.4 Å². The molecule has 120 valence electrons. The van der Waals surface area contributed by atoms with Crippen molar-refractivity contribution in [1.29, 1.82) is 0 Å². The molecule has 2 unspecified atom stereocenters. The molecule has 0 saturated carbocycles. The van der Waals surface area contributed by atoms with E-state index in [2.05, 4.69) is 32.1 Å². The van der Waals surface area contributed by atoms with Crippen LogP contribution in [0, 0.1) is 5.92 Å². The highest BCUT2D eigenvalue weighted by Crippen LogP contribution is 2.27. The van der Waals surface area contributed by atoms with Crippen molar-refractivity contribution in [2.24, 2.45) is 5.92 Å². The second kappa shape index (κ2) is 7.45. The highest BCUT2D eigenvalue weighted by Gasteiger charge is 2.33. The number of halogens is 2. The molecule has 1 aliphatic heterocycles. The summed E-state index contributed by atoms with van der Waals surface area (Å²) in [4.78, 5) is 12.6. The van der Waals surface area contributed by atoms with Gasteiger partial charge in [-0.3, -0.25) is 10.2 Å². The SMILES string of the molecule is O=C(NCc1ccccc1Cl)C1CNNC1c1cccc(Br)c1. The van der Waals surface area contributed by atoms with E-state index in [4.69, 9.17) is 11.6 Å². The van der Waals surface area contributed by atoms with Crippen LogP contribution in [0.5, 0.6) is 0 Å². The molecule has 4 nitrogen and oxygen atoms in total. The van der Waals surface area contributed by atoms with Crippen LogP contribution in [-0.2, 0) is 11.3 Å². The lowest BCUT2D eigenvalue weighted by atomic mass is 9.94. The Kier molecular flexibility index (Phi) is 5.33. The smallest absolute Gasteiger partial charge is 0.226 e. The van der Waals surface area contributed by atoms with E-state index < -0.39 is 0 Å². The lowest BCUT2D eigenvalue weighted by molar-refractivity contribution is -0.125. The topological polar surface area (TPSA) is 53.2 Å². The summed E-state index contributed by atoms with van der Waals surface area (Å²) in [6.45, 7) is 1.02. The Balaban J connectivity index is 1.68. The van der Waals surface area contributed by atoms with Crippen molar-refractivity contribution in [2.45, 2.75) is 12.6 Å². The number of hydrogen-bond acceptors (Lipinski definition) is 3. The normalized spacial score (nSPS) is 20.4. The molecule has 1 saturated heterocycles. The standard InChI is InChI=1S/C17H17BrClN3O/c18-13-6-3-5-11(8-13)16-14(10-21-22-16)17(23)20-9-12-4-1-2-7-15(12)19/h1-8,14,16,21-22H,9-10H2,(H,20,23). The van der Waals surface area contributed by atoms with Crippen LogP contribution in [0.4, 0.5) is 0 Å². The predicted molar refractivity (Wildman–Crippen MR) is 94.8 cm³/mol. The van der Waals surface area contributed by atoms with Crippen LogP contribution < -0.4 is 16.2 Å². The molecule has 1 amide bonds. The molecule has 0 bridgehead atoms. The molecule has 3 N–H and O–H groups in total. The molecule has 6 heteroatoms. The van der Waals surface area contributed by atoms with Gasteiger partial charge >= 0.3 is 0 Å². The fraction of sp³-hybridized carbons (Fsp3) is 0.235. The third-order valence-electron chi connectivity index (χ3n) is 3.94. The molecular weight excluding hydrogens is 378 g/mol. The minimum atomic E-state index is -0.174. The molecule has 1 fully saturated rings. The number of carbonyl (C=O) groups is 1. The van der Waals surface area contributed by atoms with Gasteiger partial charge in [-0.15, -0.1) is 0 Å². The Morgan fingerprint density at radius 2 is 2.09 bits per heavy atom. The molecule has 23 heavy (non-hydrogen) atoms. The lowest BCUT2D eigenvalue weighted by Gasteiger charge is -2.19. The highest BCUT2D eigenvalue weighted by molar-refractivity contribution is 9.10. The van der Waals surface area contributed by atoms with Gasteiger partial charge in [-0.05, 0) is 29.3 Å². The number of hydrazine groups is 1. The molecular formula is C17H17BrClN3O. The number of carbonyl (C=O) groups excluding carboxylic acids is 1. The quantitative estimate of drug-likeness (QED) is 0.746. The molecule has 0 aromatic heterocycles. The van der Waals surface area contributed by atoms with Crippen molar-refractivity contribution in [2.75, 3.05) is 6.54 Å². The first-order valence-corrected chi connectivity index (χ1v) is 8.57. The van der Waals surface area contributed by atoms with Crippen molar-refractivity contribution in [3.63, 3.8) is 0 Å². The summed E-state index contributed by atoms with van der Waals surface area (Å²) in [6, 6.07) is 15.5. The van der Waals surface area contributed by atoms with Gasteiger partial charge in [0.05, 0.1) is 12.0 Å². The first-order chi connectivity index (χ1) is 11.1. The summed E-state index contributed by atoms with van der Waals surface area (Å²) in [6.07, 6.45) is 0. The Bertz CT molecular complexity index is 710. The van der Waals surface area contributed by atoms with Crippen LogP contribution in [0.1, 0.15) is 17.2 Å². The summed E-state index contributed by atoms with van der Waals surface area (Å²) < 4.78 is 0.999. The van der Waals surface area contributed by atoms with E-state index in [1.165, 1.54) is 0 Å². The van der Waals surface area contributed by atoms with E-state index in [0.29, 0.717) is 18.1 Å². The van der Waals surface area contributed by atoms with Gasteiger partial charge in [-0.1, -0.05) is 57.9 Å². The monoisotopic (exact) mass is 393 g/mol. The third-order valence-corrected chi connectivity index (χ3v) is 4.80. The fourth-order valence-electron chi connectivity index (χ4n) is 2.71. The van der Waals surface area contributed by atoms with Crippen molar-refractivity contribution in [1.82, 2.24) is 16.2 Å². The first kappa shape index (κ1) is 16.5. The summed E-state index contributed by atoms with van der Waals surface area (Å²) in [7, 11) is 0. The Labute approximate surface area is 148 Å². The van der Waals surface area contributed by atoms with Crippen LogP contribution >= 0.6 is 27.5 Å². The number of hydrogen-bond donors (Lipinski definition) is 3. The van der Waals surface area contributed by atoms with Crippen LogP contribution in [-0.4, -0.2) is 12.5 Å². The van der Waals surface area contributed by atoms with Crippen LogP contribution in [0.2, 0.25) is 5.02 Å². The maximum Gasteiger partial charge on any atom is 0.226 e. The highest BCUT2D eigenvalue weighted by atomic mass is 79.9. The van der Waals surface area contributed by atoms with Gasteiger partial charge in [0.25, 0.3) is 0 Å².